The van der Waals surface area contributed by atoms with Gasteiger partial charge >= 0.3 is 0 Å². The van der Waals surface area contributed by atoms with Crippen molar-refractivity contribution in [1.82, 2.24) is 0 Å². The Balaban J connectivity index is 1.00. The molecule has 56 heavy (non-hydrogen) atoms. The van der Waals surface area contributed by atoms with E-state index >= 15 is 0 Å². The van der Waals surface area contributed by atoms with Gasteiger partial charge in [0.15, 0.2) is 0 Å². The standard InChI is InChI=1S/C54H48N2/c1-35-26-43(32-51-39-22-24-41(28-39)53(35)51)37-12-9-18-47(30-37)55(45-14-5-3-6-15-45)49-20-11-21-50(34-49)56(46-16-7-4-8-17-46)48-19-10-13-38(31-48)44-27-36(2)54-42-25-23-40(29-42)52(54)33-44/h3-21,26-27,30-34,39-42H,22-25,28-29H2,1-2H3. The second-order valence-electron chi connectivity index (χ2n) is 17.0. The summed E-state index contributed by atoms with van der Waals surface area (Å²) in [6, 6.07) is 58.9. The highest BCUT2D eigenvalue weighted by Gasteiger charge is 2.39. The Kier molecular flexibility index (Phi) is 8.02. The monoisotopic (exact) mass is 724 g/mol. The molecule has 274 valence electrons. The van der Waals surface area contributed by atoms with Crippen molar-refractivity contribution >= 4 is 34.1 Å². The van der Waals surface area contributed by atoms with Crippen molar-refractivity contribution in [1.29, 1.82) is 0 Å². The number of rotatable bonds is 8. The highest BCUT2D eigenvalue weighted by atomic mass is 15.2. The van der Waals surface area contributed by atoms with Crippen LogP contribution in [0.4, 0.5) is 34.1 Å². The fourth-order valence-corrected chi connectivity index (χ4v) is 11.3. The van der Waals surface area contributed by atoms with Crippen molar-refractivity contribution in [3.05, 3.63) is 191 Å². The highest BCUT2D eigenvalue weighted by molar-refractivity contribution is 5.86. The van der Waals surface area contributed by atoms with E-state index in [-0.39, 0.29) is 0 Å². The third kappa shape index (κ3) is 5.61. The summed E-state index contributed by atoms with van der Waals surface area (Å²) in [4.78, 5) is 4.83. The van der Waals surface area contributed by atoms with Gasteiger partial charge in [-0.1, -0.05) is 91.0 Å². The Bertz CT molecular complexity index is 2430. The summed E-state index contributed by atoms with van der Waals surface area (Å²) >= 11 is 0. The Morgan fingerprint density at radius 1 is 0.339 bits per heavy atom. The molecule has 0 N–H and O–H groups in total. The third-order valence-electron chi connectivity index (χ3n) is 13.6. The summed E-state index contributed by atoms with van der Waals surface area (Å²) in [7, 11) is 0. The zero-order valence-corrected chi connectivity index (χ0v) is 32.5. The maximum atomic E-state index is 2.51. The van der Waals surface area contributed by atoms with Crippen LogP contribution in [-0.2, 0) is 0 Å². The lowest BCUT2D eigenvalue weighted by molar-refractivity contribution is 0.714. The van der Waals surface area contributed by atoms with Crippen LogP contribution in [0.2, 0.25) is 0 Å². The molecule has 4 aliphatic rings. The number of aryl methyl sites for hydroxylation is 2. The Labute approximate surface area is 332 Å². The molecule has 0 spiro atoms. The van der Waals surface area contributed by atoms with E-state index in [1.165, 1.54) is 71.9 Å². The summed E-state index contributed by atoms with van der Waals surface area (Å²) < 4.78 is 0. The molecule has 4 unspecified atom stereocenters. The minimum Gasteiger partial charge on any atom is -0.310 e. The second kappa shape index (κ2) is 13.4. The van der Waals surface area contributed by atoms with Crippen LogP contribution in [0.1, 0.15) is 95.6 Å². The number of hydrogen-bond acceptors (Lipinski definition) is 2. The minimum atomic E-state index is 0.737. The van der Waals surface area contributed by atoms with E-state index in [9.17, 15) is 0 Å². The van der Waals surface area contributed by atoms with Gasteiger partial charge in [-0.2, -0.15) is 0 Å². The first-order valence-corrected chi connectivity index (χ1v) is 20.9. The quantitative estimate of drug-likeness (QED) is 0.154. The molecular weight excluding hydrogens is 677 g/mol. The molecule has 2 saturated carbocycles. The lowest BCUT2D eigenvalue weighted by atomic mass is 9.86. The van der Waals surface area contributed by atoms with Crippen LogP contribution >= 0.6 is 0 Å². The average molecular weight is 725 g/mol. The van der Waals surface area contributed by atoms with E-state index in [2.05, 4.69) is 181 Å². The van der Waals surface area contributed by atoms with E-state index in [1.54, 1.807) is 22.3 Å². The number of benzene rings is 7. The van der Waals surface area contributed by atoms with Crippen LogP contribution in [0.3, 0.4) is 0 Å². The van der Waals surface area contributed by atoms with Crippen molar-refractivity contribution in [3.63, 3.8) is 0 Å². The predicted octanol–water partition coefficient (Wildman–Crippen LogP) is 15.3. The Morgan fingerprint density at radius 3 is 1.16 bits per heavy atom. The molecule has 2 heteroatoms. The predicted molar refractivity (Wildman–Crippen MR) is 235 cm³/mol. The SMILES string of the molecule is Cc1cc(-c2cccc(N(c3ccccc3)c3cccc(N(c4ccccc4)c4cccc(-c5cc(C)c6c(c5)C5CCC6C5)c4)c3)c2)cc2c1C1CCC2C1. The van der Waals surface area contributed by atoms with Gasteiger partial charge in [0.1, 0.15) is 0 Å². The second-order valence-corrected chi connectivity index (χ2v) is 17.0. The Morgan fingerprint density at radius 2 is 0.714 bits per heavy atom. The van der Waals surface area contributed by atoms with Gasteiger partial charge in [0.05, 0.1) is 0 Å². The van der Waals surface area contributed by atoms with Gasteiger partial charge < -0.3 is 9.80 Å². The zero-order chi connectivity index (χ0) is 37.3. The molecule has 2 nitrogen and oxygen atoms in total. The number of para-hydroxylation sites is 2. The van der Waals surface area contributed by atoms with Gasteiger partial charge in [-0.05, 0) is 198 Å². The zero-order valence-electron chi connectivity index (χ0n) is 32.5. The third-order valence-corrected chi connectivity index (χ3v) is 13.6. The fraction of sp³-hybridized carbons (Fsp3) is 0.222. The molecule has 11 rings (SSSR count). The van der Waals surface area contributed by atoms with Crippen LogP contribution in [-0.4, -0.2) is 0 Å². The van der Waals surface area contributed by atoms with Gasteiger partial charge in [0.2, 0.25) is 0 Å². The first-order chi connectivity index (χ1) is 27.6. The number of hydrogen-bond donors (Lipinski definition) is 0. The average Bonchev–Trinajstić information content (AvgIpc) is 4.06. The van der Waals surface area contributed by atoms with E-state index in [4.69, 9.17) is 0 Å². The molecule has 4 aliphatic carbocycles. The van der Waals surface area contributed by atoms with E-state index in [1.807, 2.05) is 0 Å². The molecule has 0 amide bonds. The molecule has 7 aromatic carbocycles. The Hall–Kier alpha value is -5.86. The van der Waals surface area contributed by atoms with E-state index in [0.29, 0.717) is 0 Å². The molecular formula is C54H48N2. The van der Waals surface area contributed by atoms with Gasteiger partial charge in [0.25, 0.3) is 0 Å². The molecule has 2 fully saturated rings. The highest BCUT2D eigenvalue weighted by Crippen LogP contribution is 2.56. The van der Waals surface area contributed by atoms with Crippen LogP contribution in [0.25, 0.3) is 22.3 Å². The molecule has 0 aromatic heterocycles. The normalized spacial score (nSPS) is 19.9. The van der Waals surface area contributed by atoms with Crippen molar-refractivity contribution < 1.29 is 0 Å². The minimum absolute atomic E-state index is 0.737. The smallest absolute Gasteiger partial charge is 0.0482 e. The van der Waals surface area contributed by atoms with Crippen LogP contribution in [0.5, 0.6) is 0 Å². The maximum absolute atomic E-state index is 2.51. The van der Waals surface area contributed by atoms with Gasteiger partial charge in [-0.15, -0.1) is 0 Å². The van der Waals surface area contributed by atoms with Gasteiger partial charge in [-0.25, -0.2) is 0 Å². The number of nitrogens with zero attached hydrogens (tertiary/aromatic N) is 2. The van der Waals surface area contributed by atoms with Crippen molar-refractivity contribution in [3.8, 4) is 22.3 Å². The largest absolute Gasteiger partial charge is 0.310 e. The summed E-state index contributed by atoms with van der Waals surface area (Å²) in [5.41, 5.74) is 21.5. The molecule has 4 atom stereocenters. The summed E-state index contributed by atoms with van der Waals surface area (Å²) in [6.07, 6.45) is 8.10. The van der Waals surface area contributed by atoms with Gasteiger partial charge in [0, 0.05) is 34.1 Å². The lowest BCUT2D eigenvalue weighted by Gasteiger charge is -2.30. The molecule has 0 aliphatic heterocycles. The summed E-state index contributed by atoms with van der Waals surface area (Å²) in [5, 5.41) is 0. The van der Waals surface area contributed by atoms with Crippen molar-refractivity contribution in [2.45, 2.75) is 76.0 Å². The lowest BCUT2D eigenvalue weighted by Crippen LogP contribution is -2.13. The fourth-order valence-electron chi connectivity index (χ4n) is 11.3. The van der Waals surface area contributed by atoms with E-state index < -0.39 is 0 Å². The van der Waals surface area contributed by atoms with Crippen LogP contribution in [0, 0.1) is 13.8 Å². The van der Waals surface area contributed by atoms with Gasteiger partial charge in [-0.3, -0.25) is 0 Å². The maximum Gasteiger partial charge on any atom is 0.0482 e. The van der Waals surface area contributed by atoms with Crippen LogP contribution in [0.15, 0.2) is 158 Å². The number of anilines is 6. The summed E-state index contributed by atoms with van der Waals surface area (Å²) in [5.74, 6) is 3.02. The first kappa shape index (κ1) is 33.5. The first-order valence-electron chi connectivity index (χ1n) is 20.9. The molecule has 0 saturated heterocycles. The van der Waals surface area contributed by atoms with Crippen molar-refractivity contribution in [2.75, 3.05) is 9.80 Å². The van der Waals surface area contributed by atoms with Crippen LogP contribution < -0.4 is 9.80 Å². The van der Waals surface area contributed by atoms with Crippen molar-refractivity contribution in [2.24, 2.45) is 0 Å². The molecule has 4 bridgehead atoms. The molecule has 0 radical (unpaired) electrons. The molecule has 7 aromatic rings. The summed E-state index contributed by atoms with van der Waals surface area (Å²) in [6.45, 7) is 4.66. The molecule has 0 heterocycles. The van der Waals surface area contributed by atoms with E-state index in [0.717, 1.165) is 57.8 Å². The number of fused-ring (bicyclic) bond motifs is 10. The topological polar surface area (TPSA) is 6.48 Å².